The summed E-state index contributed by atoms with van der Waals surface area (Å²) in [7, 11) is -1.91. The van der Waals surface area contributed by atoms with Crippen molar-refractivity contribution in [1.82, 2.24) is 14.7 Å². The summed E-state index contributed by atoms with van der Waals surface area (Å²) in [4.78, 5) is 9.14. The molecule has 0 saturated carbocycles. The monoisotopic (exact) mass is 479 g/mol. The standard InChI is InChI=1S/C25H29N5O3S/c1-33-22-12-8-11-21-23(22)29-25(30-24(21)26)27-15-6-2-3-7-16-28-34(31,32)20-14-13-18-9-4-5-10-19(18)17-20/h4-5,8-14,17,28H,2-3,6-7,15-16H2,1H3,(H3,26,27,29,30). The van der Waals surface area contributed by atoms with Gasteiger partial charge < -0.3 is 15.8 Å². The molecule has 0 aliphatic heterocycles. The lowest BCUT2D eigenvalue weighted by Gasteiger charge is -2.10. The number of benzene rings is 3. The Bertz CT molecular complexity index is 1390. The molecule has 0 aliphatic carbocycles. The molecule has 34 heavy (non-hydrogen) atoms. The Kier molecular flexibility index (Phi) is 7.44. The number of nitrogen functional groups attached to an aromatic ring is 1. The molecule has 0 aliphatic rings. The number of sulfonamides is 1. The molecule has 8 nitrogen and oxygen atoms in total. The zero-order chi connectivity index (χ0) is 24.0. The van der Waals surface area contributed by atoms with Gasteiger partial charge in [-0.2, -0.15) is 4.98 Å². The first-order chi connectivity index (χ1) is 16.5. The van der Waals surface area contributed by atoms with E-state index in [1.54, 1.807) is 19.2 Å². The summed E-state index contributed by atoms with van der Waals surface area (Å²) in [6.07, 6.45) is 3.54. The van der Waals surface area contributed by atoms with Crippen molar-refractivity contribution in [2.75, 3.05) is 31.2 Å². The molecule has 0 amide bonds. The van der Waals surface area contributed by atoms with Gasteiger partial charge in [-0.3, -0.25) is 0 Å². The second-order valence-electron chi connectivity index (χ2n) is 8.04. The smallest absolute Gasteiger partial charge is 0.240 e. The number of anilines is 2. The molecule has 9 heteroatoms. The molecule has 0 bridgehead atoms. The van der Waals surface area contributed by atoms with E-state index >= 15 is 0 Å². The largest absolute Gasteiger partial charge is 0.494 e. The maximum Gasteiger partial charge on any atom is 0.240 e. The maximum atomic E-state index is 12.6. The van der Waals surface area contributed by atoms with Gasteiger partial charge in [0.1, 0.15) is 17.1 Å². The minimum Gasteiger partial charge on any atom is -0.494 e. The summed E-state index contributed by atoms with van der Waals surface area (Å²) in [5.74, 6) is 1.53. The van der Waals surface area contributed by atoms with Crippen molar-refractivity contribution in [3.8, 4) is 5.75 Å². The Morgan fingerprint density at radius 1 is 0.882 bits per heavy atom. The second-order valence-corrected chi connectivity index (χ2v) is 9.80. The highest BCUT2D eigenvalue weighted by Crippen LogP contribution is 2.27. The van der Waals surface area contributed by atoms with E-state index < -0.39 is 10.0 Å². The third-order valence-electron chi connectivity index (χ3n) is 5.65. The molecule has 1 aromatic heterocycles. The van der Waals surface area contributed by atoms with Crippen LogP contribution in [0.25, 0.3) is 21.7 Å². The third-order valence-corrected chi connectivity index (χ3v) is 7.11. The molecular formula is C25H29N5O3S. The minimum atomic E-state index is -3.51. The molecule has 0 atom stereocenters. The van der Waals surface area contributed by atoms with Crippen LogP contribution in [-0.2, 0) is 10.0 Å². The summed E-state index contributed by atoms with van der Waals surface area (Å²) in [5.41, 5.74) is 6.75. The molecule has 0 saturated heterocycles. The van der Waals surface area contributed by atoms with Crippen LogP contribution in [0.2, 0.25) is 0 Å². The van der Waals surface area contributed by atoms with Crippen LogP contribution in [-0.4, -0.2) is 38.6 Å². The Morgan fingerprint density at radius 3 is 2.44 bits per heavy atom. The fraction of sp³-hybridized carbons (Fsp3) is 0.280. The van der Waals surface area contributed by atoms with Crippen LogP contribution < -0.4 is 20.5 Å². The van der Waals surface area contributed by atoms with Gasteiger partial charge in [-0.05, 0) is 47.9 Å². The highest BCUT2D eigenvalue weighted by atomic mass is 32.2. The van der Waals surface area contributed by atoms with Gasteiger partial charge in [-0.15, -0.1) is 0 Å². The topological polar surface area (TPSA) is 119 Å². The minimum absolute atomic E-state index is 0.293. The maximum absolute atomic E-state index is 12.6. The first-order valence-electron chi connectivity index (χ1n) is 11.3. The molecule has 178 valence electrons. The first-order valence-corrected chi connectivity index (χ1v) is 12.8. The number of aromatic nitrogens is 2. The summed E-state index contributed by atoms with van der Waals surface area (Å²) < 4.78 is 33.2. The normalized spacial score (nSPS) is 11.7. The van der Waals surface area contributed by atoms with Gasteiger partial charge >= 0.3 is 0 Å². The Hall–Kier alpha value is -3.43. The fourth-order valence-electron chi connectivity index (χ4n) is 3.82. The number of para-hydroxylation sites is 1. The summed E-state index contributed by atoms with van der Waals surface area (Å²) in [6, 6.07) is 18.5. The van der Waals surface area contributed by atoms with Crippen LogP contribution in [0, 0.1) is 0 Å². The number of nitrogens with two attached hydrogens (primary N) is 1. The molecule has 4 aromatic rings. The van der Waals surface area contributed by atoms with Crippen LogP contribution >= 0.6 is 0 Å². The van der Waals surface area contributed by atoms with Crippen LogP contribution in [0.3, 0.4) is 0 Å². The Morgan fingerprint density at radius 2 is 1.65 bits per heavy atom. The van der Waals surface area contributed by atoms with E-state index in [0.29, 0.717) is 41.0 Å². The molecule has 0 fully saturated rings. The number of methoxy groups -OCH3 is 1. The molecule has 0 spiro atoms. The summed E-state index contributed by atoms with van der Waals surface area (Å²) in [6.45, 7) is 1.11. The number of hydrogen-bond donors (Lipinski definition) is 3. The molecule has 0 radical (unpaired) electrons. The Balaban J connectivity index is 1.19. The number of nitrogens with one attached hydrogen (secondary N) is 2. The first kappa shape index (κ1) is 23.7. The number of hydrogen-bond acceptors (Lipinski definition) is 7. The lowest BCUT2D eigenvalue weighted by atomic mass is 10.1. The number of nitrogens with zero attached hydrogens (tertiary/aromatic N) is 2. The van der Waals surface area contributed by atoms with Crippen molar-refractivity contribution in [2.45, 2.75) is 30.6 Å². The van der Waals surface area contributed by atoms with Crippen LogP contribution in [0.5, 0.6) is 5.75 Å². The number of unbranched alkanes of at least 4 members (excludes halogenated alkanes) is 3. The van der Waals surface area contributed by atoms with Crippen LogP contribution in [0.4, 0.5) is 11.8 Å². The van der Waals surface area contributed by atoms with E-state index in [1.165, 1.54) is 0 Å². The molecule has 1 heterocycles. The van der Waals surface area contributed by atoms with E-state index in [4.69, 9.17) is 10.5 Å². The Labute approximate surface area is 199 Å². The highest BCUT2D eigenvalue weighted by Gasteiger charge is 2.13. The van der Waals surface area contributed by atoms with Gasteiger partial charge in [-0.1, -0.05) is 49.2 Å². The van der Waals surface area contributed by atoms with Crippen molar-refractivity contribution in [2.24, 2.45) is 0 Å². The third kappa shape index (κ3) is 5.55. The van der Waals surface area contributed by atoms with E-state index in [1.807, 2.05) is 48.5 Å². The average Bonchev–Trinajstić information content (AvgIpc) is 2.85. The number of rotatable bonds is 11. The van der Waals surface area contributed by atoms with Gasteiger partial charge in [-0.25, -0.2) is 18.1 Å². The van der Waals surface area contributed by atoms with Gasteiger partial charge in [0.15, 0.2) is 0 Å². The van der Waals surface area contributed by atoms with E-state index in [2.05, 4.69) is 20.0 Å². The molecule has 4 rings (SSSR count). The predicted molar refractivity (Wildman–Crippen MR) is 137 cm³/mol. The van der Waals surface area contributed by atoms with Crippen molar-refractivity contribution >= 4 is 43.5 Å². The number of fused-ring (bicyclic) bond motifs is 2. The van der Waals surface area contributed by atoms with Gasteiger partial charge in [0.2, 0.25) is 16.0 Å². The van der Waals surface area contributed by atoms with E-state index in [0.717, 1.165) is 41.8 Å². The van der Waals surface area contributed by atoms with E-state index in [9.17, 15) is 8.42 Å². The molecular weight excluding hydrogens is 450 g/mol. The van der Waals surface area contributed by atoms with Crippen molar-refractivity contribution in [1.29, 1.82) is 0 Å². The summed E-state index contributed by atoms with van der Waals surface area (Å²) in [5, 5.41) is 5.90. The fourth-order valence-corrected chi connectivity index (χ4v) is 4.93. The predicted octanol–water partition coefficient (Wildman–Crippen LogP) is 4.32. The zero-order valence-electron chi connectivity index (χ0n) is 19.1. The molecule has 3 aromatic carbocycles. The molecule has 0 unspecified atom stereocenters. The van der Waals surface area contributed by atoms with Crippen molar-refractivity contribution < 1.29 is 13.2 Å². The van der Waals surface area contributed by atoms with Gasteiger partial charge in [0.25, 0.3) is 0 Å². The number of ether oxygens (including phenoxy) is 1. The van der Waals surface area contributed by atoms with E-state index in [-0.39, 0.29) is 0 Å². The van der Waals surface area contributed by atoms with Gasteiger partial charge in [0.05, 0.1) is 12.0 Å². The zero-order valence-corrected chi connectivity index (χ0v) is 19.9. The SMILES string of the molecule is COc1cccc2c(N)nc(NCCCCCCNS(=O)(=O)c3ccc4ccccc4c3)nc12. The average molecular weight is 480 g/mol. The molecule has 4 N–H and O–H groups in total. The highest BCUT2D eigenvalue weighted by molar-refractivity contribution is 7.89. The van der Waals surface area contributed by atoms with Gasteiger partial charge in [0, 0.05) is 18.5 Å². The van der Waals surface area contributed by atoms with Crippen molar-refractivity contribution in [3.05, 3.63) is 60.7 Å². The quantitative estimate of drug-likeness (QED) is 0.274. The lowest BCUT2D eigenvalue weighted by Crippen LogP contribution is -2.24. The van der Waals surface area contributed by atoms with Crippen LogP contribution in [0.1, 0.15) is 25.7 Å². The van der Waals surface area contributed by atoms with Crippen molar-refractivity contribution in [3.63, 3.8) is 0 Å². The van der Waals surface area contributed by atoms with Crippen LogP contribution in [0.15, 0.2) is 65.6 Å². The lowest BCUT2D eigenvalue weighted by molar-refractivity contribution is 0.419. The summed E-state index contributed by atoms with van der Waals surface area (Å²) >= 11 is 0. The second kappa shape index (κ2) is 10.7.